The van der Waals surface area contributed by atoms with E-state index in [0.29, 0.717) is 17.5 Å². The molecule has 1 aliphatic rings. The van der Waals surface area contributed by atoms with Crippen LogP contribution in [0.5, 0.6) is 5.88 Å². The highest BCUT2D eigenvalue weighted by Gasteiger charge is 2.23. The zero-order chi connectivity index (χ0) is 11.5. The second-order valence-corrected chi connectivity index (χ2v) is 4.83. The van der Waals surface area contributed by atoms with Crippen molar-refractivity contribution in [1.82, 2.24) is 4.98 Å². The number of nitrogens with two attached hydrogens (primary N) is 1. The highest BCUT2D eigenvalue weighted by atomic mass is 16.5. The minimum Gasteiger partial charge on any atom is -0.473 e. The molecule has 1 fully saturated rings. The van der Waals surface area contributed by atoms with Gasteiger partial charge in [0.15, 0.2) is 0 Å². The average molecular weight is 220 g/mol. The van der Waals surface area contributed by atoms with Crippen molar-refractivity contribution in [3.8, 4) is 5.88 Å². The van der Waals surface area contributed by atoms with Crippen LogP contribution in [-0.2, 0) is 0 Å². The minimum atomic E-state index is 0.284. The van der Waals surface area contributed by atoms with E-state index < -0.39 is 0 Å². The van der Waals surface area contributed by atoms with Crippen molar-refractivity contribution in [2.75, 3.05) is 5.73 Å². The van der Waals surface area contributed by atoms with E-state index >= 15 is 0 Å². The average Bonchev–Trinajstić information content (AvgIpc) is 2.25. The number of hydrogen-bond donors (Lipinski definition) is 1. The number of rotatable bonds is 2. The van der Waals surface area contributed by atoms with Gasteiger partial charge in [0.1, 0.15) is 6.10 Å². The summed E-state index contributed by atoms with van der Waals surface area (Å²) in [6.07, 6.45) is 7.02. The van der Waals surface area contributed by atoms with Crippen LogP contribution >= 0.6 is 0 Å². The summed E-state index contributed by atoms with van der Waals surface area (Å²) in [5.74, 6) is 1.21. The summed E-state index contributed by atoms with van der Waals surface area (Å²) in [5.41, 5.74) is 7.62. The number of pyridine rings is 1. The number of hydrogen-bond acceptors (Lipinski definition) is 3. The molecule has 0 amide bonds. The first kappa shape index (κ1) is 11.2. The van der Waals surface area contributed by atoms with Crippen LogP contribution in [0.2, 0.25) is 0 Å². The summed E-state index contributed by atoms with van der Waals surface area (Å²) in [6, 6.07) is 1.91. The van der Waals surface area contributed by atoms with Crippen LogP contribution in [0.15, 0.2) is 12.3 Å². The Morgan fingerprint density at radius 3 is 2.81 bits per heavy atom. The Bertz CT molecular complexity index is 365. The molecule has 16 heavy (non-hydrogen) atoms. The van der Waals surface area contributed by atoms with E-state index in [4.69, 9.17) is 10.5 Å². The van der Waals surface area contributed by atoms with Gasteiger partial charge in [-0.15, -0.1) is 0 Å². The lowest BCUT2D eigenvalue weighted by molar-refractivity contribution is 0.0984. The largest absolute Gasteiger partial charge is 0.473 e. The van der Waals surface area contributed by atoms with E-state index in [-0.39, 0.29) is 6.10 Å². The van der Waals surface area contributed by atoms with Crippen molar-refractivity contribution in [2.45, 2.75) is 45.6 Å². The molecule has 88 valence electrons. The number of ether oxygens (including phenoxy) is 1. The Hall–Kier alpha value is -1.25. The van der Waals surface area contributed by atoms with Gasteiger partial charge in [0.25, 0.3) is 0 Å². The molecule has 0 aromatic carbocycles. The summed E-state index contributed by atoms with van der Waals surface area (Å²) in [5, 5.41) is 0. The first-order valence-corrected chi connectivity index (χ1v) is 6.05. The summed E-state index contributed by atoms with van der Waals surface area (Å²) in [6.45, 7) is 4.23. The highest BCUT2D eigenvalue weighted by Crippen LogP contribution is 2.29. The molecule has 2 rings (SSSR count). The van der Waals surface area contributed by atoms with Crippen LogP contribution in [0.1, 0.15) is 38.2 Å². The Balaban J connectivity index is 2.07. The fourth-order valence-corrected chi connectivity index (χ4v) is 2.28. The minimum absolute atomic E-state index is 0.284. The lowest BCUT2D eigenvalue weighted by Crippen LogP contribution is -2.28. The fourth-order valence-electron chi connectivity index (χ4n) is 2.28. The molecule has 2 N–H and O–H groups in total. The van der Waals surface area contributed by atoms with Gasteiger partial charge in [0.2, 0.25) is 5.88 Å². The third kappa shape index (κ3) is 2.46. The van der Waals surface area contributed by atoms with E-state index in [9.17, 15) is 0 Å². The van der Waals surface area contributed by atoms with Crippen molar-refractivity contribution < 1.29 is 4.74 Å². The van der Waals surface area contributed by atoms with Crippen molar-refractivity contribution in [3.63, 3.8) is 0 Å². The van der Waals surface area contributed by atoms with Gasteiger partial charge in [-0.25, -0.2) is 4.98 Å². The van der Waals surface area contributed by atoms with Gasteiger partial charge < -0.3 is 10.5 Å². The van der Waals surface area contributed by atoms with Gasteiger partial charge >= 0.3 is 0 Å². The molecule has 0 bridgehead atoms. The first-order chi connectivity index (χ1) is 7.66. The number of aromatic nitrogens is 1. The summed E-state index contributed by atoms with van der Waals surface area (Å²) < 4.78 is 5.92. The zero-order valence-electron chi connectivity index (χ0n) is 10.1. The number of nitrogens with zero attached hydrogens (tertiary/aromatic N) is 1. The van der Waals surface area contributed by atoms with Crippen LogP contribution in [0, 0.1) is 12.8 Å². The van der Waals surface area contributed by atoms with Crippen molar-refractivity contribution in [1.29, 1.82) is 0 Å². The van der Waals surface area contributed by atoms with Crippen LogP contribution in [0.3, 0.4) is 0 Å². The molecule has 0 spiro atoms. The molecule has 0 aliphatic heterocycles. The van der Waals surface area contributed by atoms with Crippen LogP contribution in [0.25, 0.3) is 0 Å². The molecule has 1 saturated carbocycles. The molecule has 3 nitrogen and oxygen atoms in total. The van der Waals surface area contributed by atoms with Crippen molar-refractivity contribution in [3.05, 3.63) is 17.8 Å². The molecule has 2 atom stereocenters. The molecular formula is C13H20N2O. The molecule has 1 aromatic rings. The normalized spacial score (nSPS) is 25.4. The standard InChI is InChI=1S/C13H20N2O/c1-9-7-11(14)13(15-8-9)16-12-6-4-3-5-10(12)2/h7-8,10,12H,3-6,14H2,1-2H3. The maximum absolute atomic E-state index is 5.92. The van der Waals surface area contributed by atoms with Gasteiger partial charge in [0, 0.05) is 6.20 Å². The van der Waals surface area contributed by atoms with Gasteiger partial charge in [-0.1, -0.05) is 13.3 Å². The number of aryl methyl sites for hydroxylation is 1. The Morgan fingerprint density at radius 2 is 2.12 bits per heavy atom. The smallest absolute Gasteiger partial charge is 0.237 e. The number of anilines is 1. The highest BCUT2D eigenvalue weighted by molar-refractivity contribution is 5.49. The fraction of sp³-hybridized carbons (Fsp3) is 0.615. The number of nitrogen functional groups attached to an aromatic ring is 1. The molecular weight excluding hydrogens is 200 g/mol. The Labute approximate surface area is 97.0 Å². The maximum Gasteiger partial charge on any atom is 0.237 e. The molecule has 0 radical (unpaired) electrons. The summed E-state index contributed by atoms with van der Waals surface area (Å²) in [4.78, 5) is 4.26. The van der Waals surface area contributed by atoms with Crippen molar-refractivity contribution in [2.24, 2.45) is 5.92 Å². The Kier molecular flexibility index (Phi) is 3.32. The van der Waals surface area contributed by atoms with Gasteiger partial charge in [0.05, 0.1) is 5.69 Å². The van der Waals surface area contributed by atoms with E-state index in [0.717, 1.165) is 12.0 Å². The molecule has 3 heteroatoms. The Morgan fingerprint density at radius 1 is 1.38 bits per heavy atom. The second-order valence-electron chi connectivity index (χ2n) is 4.83. The van der Waals surface area contributed by atoms with Gasteiger partial charge in [-0.3, -0.25) is 0 Å². The zero-order valence-corrected chi connectivity index (χ0v) is 10.1. The maximum atomic E-state index is 5.92. The van der Waals surface area contributed by atoms with E-state index in [1.807, 2.05) is 13.0 Å². The molecule has 1 aliphatic carbocycles. The molecule has 1 aromatic heterocycles. The lowest BCUT2D eigenvalue weighted by Gasteiger charge is -2.29. The topological polar surface area (TPSA) is 48.1 Å². The van der Waals surface area contributed by atoms with Crippen LogP contribution < -0.4 is 10.5 Å². The molecule has 2 unspecified atom stereocenters. The van der Waals surface area contributed by atoms with E-state index in [1.54, 1.807) is 6.20 Å². The van der Waals surface area contributed by atoms with Crippen molar-refractivity contribution >= 4 is 5.69 Å². The van der Waals surface area contributed by atoms with Crippen LogP contribution in [-0.4, -0.2) is 11.1 Å². The van der Waals surface area contributed by atoms with Gasteiger partial charge in [-0.2, -0.15) is 0 Å². The van der Waals surface area contributed by atoms with Gasteiger partial charge in [-0.05, 0) is 43.7 Å². The van der Waals surface area contributed by atoms with E-state index in [1.165, 1.54) is 19.3 Å². The quantitative estimate of drug-likeness (QED) is 0.833. The second kappa shape index (κ2) is 4.73. The molecule has 1 heterocycles. The third-order valence-electron chi connectivity index (χ3n) is 3.31. The predicted molar refractivity (Wildman–Crippen MR) is 65.4 cm³/mol. The predicted octanol–water partition coefficient (Wildman–Crippen LogP) is 2.93. The molecule has 0 saturated heterocycles. The van der Waals surface area contributed by atoms with E-state index in [2.05, 4.69) is 11.9 Å². The third-order valence-corrected chi connectivity index (χ3v) is 3.31. The summed E-state index contributed by atoms with van der Waals surface area (Å²) >= 11 is 0. The first-order valence-electron chi connectivity index (χ1n) is 6.05. The van der Waals surface area contributed by atoms with Crippen LogP contribution in [0.4, 0.5) is 5.69 Å². The SMILES string of the molecule is Cc1cnc(OC2CCCCC2C)c(N)c1. The lowest BCUT2D eigenvalue weighted by atomic mass is 9.88. The monoisotopic (exact) mass is 220 g/mol. The summed E-state index contributed by atoms with van der Waals surface area (Å²) in [7, 11) is 0.